The first-order valence-electron chi connectivity index (χ1n) is 16.5. The van der Waals surface area contributed by atoms with E-state index in [1.165, 1.54) is 24.3 Å². The fourth-order valence-electron chi connectivity index (χ4n) is 6.62. The summed E-state index contributed by atoms with van der Waals surface area (Å²) in [7, 11) is 0. The van der Waals surface area contributed by atoms with Crippen molar-refractivity contribution in [2.75, 3.05) is 0 Å². The second-order valence-electron chi connectivity index (χ2n) is 13.7. The predicted octanol–water partition coefficient (Wildman–Crippen LogP) is 13.2. The molecule has 308 valence electrons. The maximum absolute atomic E-state index is 15.6. The quantitative estimate of drug-likeness (QED) is 0.0591. The Kier molecular flexibility index (Phi) is 11.8. The standard InChI is InChI=1S/C38H26F17GeI/c39-31(40,32(41,42)33(43,44)34(45,46)35(47,48)36(49,50)37(51,52)38(53,54)55)17-18-56(29-13-15-30(57)16-14-29,21-23-9-11-25-5-1-3-7-27(25)19-23)22-24-10-12-26-6-2-4-8-28(26)20-24/h1-16,19-20H,17-18,21-22H2. The number of fused-ring (bicyclic) bond motifs is 2. The van der Waals surface area contributed by atoms with Gasteiger partial charge in [-0.1, -0.05) is 0 Å². The van der Waals surface area contributed by atoms with Gasteiger partial charge in [-0.15, -0.1) is 0 Å². The molecule has 0 aromatic heterocycles. The van der Waals surface area contributed by atoms with E-state index in [9.17, 15) is 57.1 Å². The second-order valence-corrected chi connectivity index (χ2v) is 24.0. The van der Waals surface area contributed by atoms with Gasteiger partial charge in [0.2, 0.25) is 0 Å². The number of hydrogen-bond donors (Lipinski definition) is 0. The number of rotatable bonds is 14. The van der Waals surface area contributed by atoms with Crippen molar-refractivity contribution in [2.24, 2.45) is 0 Å². The van der Waals surface area contributed by atoms with Crippen molar-refractivity contribution in [1.29, 1.82) is 0 Å². The van der Waals surface area contributed by atoms with Crippen LogP contribution in [0.15, 0.2) is 109 Å². The van der Waals surface area contributed by atoms with Crippen molar-refractivity contribution in [3.8, 4) is 0 Å². The van der Waals surface area contributed by atoms with E-state index in [-0.39, 0.29) is 10.5 Å². The van der Waals surface area contributed by atoms with Crippen LogP contribution in [0.2, 0.25) is 5.25 Å². The molecular weight excluding hydrogens is 979 g/mol. The molecule has 0 saturated heterocycles. The molecule has 19 heteroatoms. The molecule has 0 bridgehead atoms. The van der Waals surface area contributed by atoms with Crippen molar-refractivity contribution >= 4 is 61.8 Å². The third-order valence-corrected chi connectivity index (χ3v) is 20.9. The van der Waals surface area contributed by atoms with Crippen LogP contribution in [0, 0.1) is 3.57 Å². The molecule has 0 aliphatic heterocycles. The van der Waals surface area contributed by atoms with E-state index in [4.69, 9.17) is 0 Å². The molecule has 0 aliphatic rings. The van der Waals surface area contributed by atoms with Crippen molar-refractivity contribution in [3.63, 3.8) is 0 Å². The first-order chi connectivity index (χ1) is 26.0. The van der Waals surface area contributed by atoms with E-state index >= 15 is 17.6 Å². The average Bonchev–Trinajstić information content (AvgIpc) is 3.13. The molecule has 0 aliphatic carbocycles. The minimum atomic E-state index is -8.67. The van der Waals surface area contributed by atoms with E-state index in [1.54, 1.807) is 84.9 Å². The zero-order chi connectivity index (χ0) is 42.7. The van der Waals surface area contributed by atoms with Gasteiger partial charge in [-0.3, -0.25) is 0 Å². The third kappa shape index (κ3) is 7.69. The molecule has 5 rings (SSSR count). The summed E-state index contributed by atoms with van der Waals surface area (Å²) in [5.41, 5.74) is 0.903. The minimum absolute atomic E-state index is 0.150. The van der Waals surface area contributed by atoms with Gasteiger partial charge < -0.3 is 0 Å². The molecule has 0 radical (unpaired) electrons. The zero-order valence-corrected chi connectivity index (χ0v) is 32.8. The van der Waals surface area contributed by atoms with Gasteiger partial charge in [-0.05, 0) is 0 Å². The first kappa shape index (κ1) is 44.8. The van der Waals surface area contributed by atoms with Gasteiger partial charge >= 0.3 is 330 Å². The topological polar surface area (TPSA) is 0 Å². The van der Waals surface area contributed by atoms with E-state index in [1.807, 2.05) is 22.6 Å². The maximum atomic E-state index is 15.6. The fourth-order valence-corrected chi connectivity index (χ4v) is 17.1. The van der Waals surface area contributed by atoms with Crippen LogP contribution in [0.3, 0.4) is 0 Å². The molecule has 0 N–H and O–H groups in total. The SMILES string of the molecule is FC(F)(F)C(F)(F)C(F)(F)C(F)(F)C(F)(F)C(F)(F)C(F)(F)C(F)(F)C[CH2][Ge]([CH2]c1ccc2ccccc2c1)([CH2]c1ccc2ccccc2c1)[c]1ccc(I)cc1. The molecule has 5 aromatic rings. The molecule has 0 saturated carbocycles. The van der Waals surface area contributed by atoms with E-state index in [2.05, 4.69) is 0 Å². The van der Waals surface area contributed by atoms with E-state index in [0.717, 1.165) is 10.8 Å². The fraction of sp³-hybridized carbons (Fsp3) is 0.316. The molecule has 0 amide bonds. The van der Waals surface area contributed by atoms with Gasteiger partial charge in [-0.2, -0.15) is 0 Å². The summed E-state index contributed by atoms with van der Waals surface area (Å²) < 4.78 is 242. The average molecular weight is 1010 g/mol. The molecule has 0 unspecified atom stereocenters. The molecule has 0 heterocycles. The summed E-state index contributed by atoms with van der Waals surface area (Å²) in [6, 6.07) is 29.5. The van der Waals surface area contributed by atoms with E-state index < -0.39 is 72.6 Å². The Balaban J connectivity index is 1.62. The Bertz CT molecular complexity index is 2130. The Morgan fingerprint density at radius 1 is 0.404 bits per heavy atom. The van der Waals surface area contributed by atoms with Crippen LogP contribution < -0.4 is 4.40 Å². The molecule has 5 aromatic carbocycles. The van der Waals surface area contributed by atoms with Crippen LogP contribution in [0.5, 0.6) is 0 Å². The van der Waals surface area contributed by atoms with Gasteiger partial charge in [0.05, 0.1) is 0 Å². The second kappa shape index (κ2) is 15.1. The van der Waals surface area contributed by atoms with Crippen LogP contribution in [-0.4, -0.2) is 60.9 Å². The van der Waals surface area contributed by atoms with Gasteiger partial charge in [0.1, 0.15) is 0 Å². The summed E-state index contributed by atoms with van der Waals surface area (Å²) in [5.74, 6) is -56.6. The molecule has 0 spiro atoms. The summed E-state index contributed by atoms with van der Waals surface area (Å²) in [6.45, 7) is 0. The Morgan fingerprint density at radius 3 is 1.18 bits per heavy atom. The van der Waals surface area contributed by atoms with Gasteiger partial charge in [0, 0.05) is 0 Å². The van der Waals surface area contributed by atoms with E-state index in [0.29, 0.717) is 29.9 Å². The Hall–Kier alpha value is -3.30. The molecule has 0 fully saturated rings. The van der Waals surface area contributed by atoms with Crippen LogP contribution in [-0.2, 0) is 10.5 Å². The van der Waals surface area contributed by atoms with Crippen molar-refractivity contribution in [2.45, 2.75) is 69.8 Å². The summed E-state index contributed by atoms with van der Waals surface area (Å²) in [5, 5.41) is 1.32. The number of alkyl halides is 17. The predicted molar refractivity (Wildman–Crippen MR) is 190 cm³/mol. The molecule has 57 heavy (non-hydrogen) atoms. The van der Waals surface area contributed by atoms with Crippen molar-refractivity contribution < 1.29 is 74.6 Å². The van der Waals surface area contributed by atoms with Crippen LogP contribution in [0.4, 0.5) is 74.6 Å². The van der Waals surface area contributed by atoms with Crippen LogP contribution in [0.1, 0.15) is 17.5 Å². The Labute approximate surface area is 328 Å². The van der Waals surface area contributed by atoms with Crippen LogP contribution >= 0.6 is 22.6 Å². The number of hydrogen-bond acceptors (Lipinski definition) is 0. The van der Waals surface area contributed by atoms with Gasteiger partial charge in [0.15, 0.2) is 0 Å². The van der Waals surface area contributed by atoms with Crippen molar-refractivity contribution in [3.05, 3.63) is 124 Å². The summed E-state index contributed by atoms with van der Waals surface area (Å²) >= 11 is -2.85. The van der Waals surface area contributed by atoms with Gasteiger partial charge in [-0.25, -0.2) is 0 Å². The normalized spacial score (nSPS) is 14.4. The molecule has 0 atom stereocenters. The number of benzene rings is 5. The first-order valence-corrected chi connectivity index (χ1v) is 23.1. The third-order valence-electron chi connectivity index (χ3n) is 9.87. The van der Waals surface area contributed by atoms with Crippen LogP contribution in [0.25, 0.3) is 21.5 Å². The zero-order valence-electron chi connectivity index (χ0n) is 28.5. The van der Waals surface area contributed by atoms with Gasteiger partial charge in [0.25, 0.3) is 0 Å². The number of halogens is 18. The monoisotopic (exact) mass is 1010 g/mol. The summed E-state index contributed by atoms with van der Waals surface area (Å²) in [6.07, 6.45) is -10.3. The van der Waals surface area contributed by atoms with Crippen molar-refractivity contribution in [1.82, 2.24) is 0 Å². The molecular formula is C38H26F17GeI. The molecule has 0 nitrogen and oxygen atoms in total. The Morgan fingerprint density at radius 2 is 0.772 bits per heavy atom. The summed E-state index contributed by atoms with van der Waals surface area (Å²) in [4.78, 5) is 0.